The van der Waals surface area contributed by atoms with Crippen molar-refractivity contribution in [2.45, 2.75) is 33.6 Å². The number of hydrogen-bond donors (Lipinski definition) is 0. The number of benzene rings is 1. The summed E-state index contributed by atoms with van der Waals surface area (Å²) in [6.45, 7) is 8.53. The minimum atomic E-state index is -0.144. The van der Waals surface area contributed by atoms with E-state index in [4.69, 9.17) is 0 Å². The van der Waals surface area contributed by atoms with Crippen LogP contribution in [0.25, 0.3) is 16.1 Å². The van der Waals surface area contributed by atoms with Gasteiger partial charge in [-0.05, 0) is 84.8 Å². The highest BCUT2D eigenvalue weighted by Crippen LogP contribution is 2.30. The van der Waals surface area contributed by atoms with Crippen LogP contribution in [0.4, 0.5) is 0 Å². The Hall–Kier alpha value is -3.07. The van der Waals surface area contributed by atoms with Crippen LogP contribution in [-0.4, -0.2) is 68.0 Å². The zero-order valence-electron chi connectivity index (χ0n) is 18.7. The summed E-state index contributed by atoms with van der Waals surface area (Å²) < 4.78 is 1.56. The van der Waals surface area contributed by atoms with Crippen molar-refractivity contribution in [3.05, 3.63) is 47.1 Å². The molecule has 0 N–H and O–H groups in total. The minimum Gasteiger partial charge on any atom is -0.343 e. The van der Waals surface area contributed by atoms with Crippen LogP contribution in [0.3, 0.4) is 0 Å². The second kappa shape index (κ2) is 9.60. The molecular weight excluding hydrogens is 424 g/mol. The van der Waals surface area contributed by atoms with E-state index in [-0.39, 0.29) is 17.7 Å². The molecule has 3 aromatic rings. The third-order valence-electron chi connectivity index (χ3n) is 5.93. The number of likely N-dealkylation sites (tertiary alicyclic amines) is 1. The highest BCUT2D eigenvalue weighted by molar-refractivity contribution is 7.13. The number of tetrazole rings is 1. The van der Waals surface area contributed by atoms with Crippen LogP contribution < -0.4 is 0 Å². The van der Waals surface area contributed by atoms with Gasteiger partial charge in [0.05, 0.1) is 11.6 Å². The molecular formula is C23H28N6O2S. The first-order valence-electron chi connectivity index (χ1n) is 11.0. The van der Waals surface area contributed by atoms with Crippen molar-refractivity contribution in [2.75, 3.05) is 26.2 Å². The Kier molecular flexibility index (Phi) is 6.64. The number of thiophene rings is 1. The van der Waals surface area contributed by atoms with Crippen molar-refractivity contribution in [3.8, 4) is 16.1 Å². The van der Waals surface area contributed by atoms with Gasteiger partial charge in [0.2, 0.25) is 5.91 Å². The third-order valence-corrected chi connectivity index (χ3v) is 7.02. The first-order chi connectivity index (χ1) is 15.5. The predicted molar refractivity (Wildman–Crippen MR) is 124 cm³/mol. The van der Waals surface area contributed by atoms with Gasteiger partial charge in [-0.2, -0.15) is 0 Å². The quantitative estimate of drug-likeness (QED) is 0.572. The summed E-state index contributed by atoms with van der Waals surface area (Å²) in [5, 5.41) is 13.5. The van der Waals surface area contributed by atoms with Crippen LogP contribution in [0.1, 0.15) is 42.6 Å². The fourth-order valence-electron chi connectivity index (χ4n) is 4.21. The van der Waals surface area contributed by atoms with Gasteiger partial charge in [0.25, 0.3) is 5.91 Å². The molecule has 0 aliphatic carbocycles. The second-order valence-corrected chi connectivity index (χ2v) is 9.02. The van der Waals surface area contributed by atoms with Crippen LogP contribution in [-0.2, 0) is 4.79 Å². The molecule has 8 nitrogen and oxygen atoms in total. The molecule has 1 atom stereocenters. The van der Waals surface area contributed by atoms with Crippen molar-refractivity contribution in [1.82, 2.24) is 30.0 Å². The van der Waals surface area contributed by atoms with E-state index in [0.717, 1.165) is 29.0 Å². The number of hydrogen-bond acceptors (Lipinski definition) is 6. The highest BCUT2D eigenvalue weighted by Gasteiger charge is 2.31. The highest BCUT2D eigenvalue weighted by atomic mass is 32.1. The summed E-state index contributed by atoms with van der Waals surface area (Å²) >= 11 is 1.64. The molecule has 1 aliphatic rings. The SMILES string of the molecule is CCN(CC)C(=O)C1CCCN(C(=O)c2cc(-c3cc(C)cs3)cc(-n3cnnn3)c2)C1. The number of nitrogens with zero attached hydrogens (tertiary/aromatic N) is 6. The average Bonchev–Trinajstić information content (AvgIpc) is 3.51. The average molecular weight is 453 g/mol. The molecule has 1 saturated heterocycles. The Morgan fingerprint density at radius 1 is 1.19 bits per heavy atom. The molecule has 0 saturated carbocycles. The molecule has 0 radical (unpaired) electrons. The maximum Gasteiger partial charge on any atom is 0.253 e. The van der Waals surface area contributed by atoms with Crippen molar-refractivity contribution in [1.29, 1.82) is 0 Å². The predicted octanol–water partition coefficient (Wildman–Crippen LogP) is 3.42. The number of piperidine rings is 1. The van der Waals surface area contributed by atoms with Gasteiger partial charge in [0.15, 0.2) is 0 Å². The molecule has 1 aliphatic heterocycles. The van der Waals surface area contributed by atoms with E-state index in [2.05, 4.69) is 33.9 Å². The van der Waals surface area contributed by atoms with Crippen molar-refractivity contribution < 1.29 is 9.59 Å². The van der Waals surface area contributed by atoms with E-state index in [0.29, 0.717) is 31.7 Å². The summed E-state index contributed by atoms with van der Waals surface area (Å²) in [7, 11) is 0. The Bertz CT molecular complexity index is 1090. The Labute approximate surface area is 191 Å². The molecule has 0 spiro atoms. The number of rotatable bonds is 6. The molecule has 1 unspecified atom stereocenters. The van der Waals surface area contributed by atoms with E-state index >= 15 is 0 Å². The molecule has 4 rings (SSSR count). The Balaban J connectivity index is 1.64. The lowest BCUT2D eigenvalue weighted by Crippen LogP contribution is -2.46. The summed E-state index contributed by atoms with van der Waals surface area (Å²) in [6, 6.07) is 7.84. The number of carbonyl (C=O) groups is 2. The Morgan fingerprint density at radius 2 is 2.00 bits per heavy atom. The molecule has 2 amide bonds. The number of aromatic nitrogens is 4. The van der Waals surface area contributed by atoms with E-state index in [1.807, 2.05) is 41.8 Å². The minimum absolute atomic E-state index is 0.0634. The smallest absolute Gasteiger partial charge is 0.253 e. The fourth-order valence-corrected chi connectivity index (χ4v) is 5.10. The van der Waals surface area contributed by atoms with E-state index in [1.54, 1.807) is 16.0 Å². The van der Waals surface area contributed by atoms with Gasteiger partial charge in [0.1, 0.15) is 6.33 Å². The maximum absolute atomic E-state index is 13.5. The summed E-state index contributed by atoms with van der Waals surface area (Å²) in [5.41, 5.74) is 3.44. The van der Waals surface area contributed by atoms with Crippen LogP contribution in [0.15, 0.2) is 36.0 Å². The number of aryl methyl sites for hydroxylation is 1. The molecule has 9 heteroatoms. The topological polar surface area (TPSA) is 84.2 Å². The standard InChI is InChI=1S/C23H28N6O2S/c1-4-27(5-2)22(30)17-7-6-8-28(13-17)23(31)19-10-18(21-9-16(3)14-32-21)11-20(12-19)29-15-24-25-26-29/h9-12,14-15,17H,4-8,13H2,1-3H3. The van der Waals surface area contributed by atoms with Crippen molar-refractivity contribution in [2.24, 2.45) is 5.92 Å². The van der Waals surface area contributed by atoms with E-state index in [1.165, 1.54) is 11.9 Å². The maximum atomic E-state index is 13.5. The summed E-state index contributed by atoms with van der Waals surface area (Å²) in [5.74, 6) is -0.0640. The van der Waals surface area contributed by atoms with Crippen molar-refractivity contribution in [3.63, 3.8) is 0 Å². The lowest BCUT2D eigenvalue weighted by Gasteiger charge is -2.34. The summed E-state index contributed by atoms with van der Waals surface area (Å²) in [6.07, 6.45) is 3.17. The van der Waals surface area contributed by atoms with Gasteiger partial charge in [-0.15, -0.1) is 16.4 Å². The molecule has 32 heavy (non-hydrogen) atoms. The van der Waals surface area contributed by atoms with Crippen LogP contribution in [0.2, 0.25) is 0 Å². The van der Waals surface area contributed by atoms with Crippen molar-refractivity contribution >= 4 is 23.2 Å². The molecule has 3 heterocycles. The van der Waals surface area contributed by atoms with Crippen LogP contribution in [0.5, 0.6) is 0 Å². The molecule has 168 valence electrons. The molecule has 1 aromatic carbocycles. The fraction of sp³-hybridized carbons (Fsp3) is 0.435. The lowest BCUT2D eigenvalue weighted by atomic mass is 9.95. The van der Waals surface area contributed by atoms with Crippen LogP contribution in [0, 0.1) is 12.8 Å². The van der Waals surface area contributed by atoms with Gasteiger partial charge < -0.3 is 9.80 Å². The van der Waals surface area contributed by atoms with Gasteiger partial charge >= 0.3 is 0 Å². The monoisotopic (exact) mass is 452 g/mol. The second-order valence-electron chi connectivity index (χ2n) is 8.11. The molecule has 1 fully saturated rings. The van der Waals surface area contributed by atoms with Gasteiger partial charge in [-0.25, -0.2) is 4.68 Å². The number of carbonyl (C=O) groups excluding carboxylic acids is 2. The van der Waals surface area contributed by atoms with Gasteiger partial charge in [-0.3, -0.25) is 9.59 Å². The summed E-state index contributed by atoms with van der Waals surface area (Å²) in [4.78, 5) is 31.2. The Morgan fingerprint density at radius 3 is 2.66 bits per heavy atom. The third kappa shape index (κ3) is 4.57. The first-order valence-corrected chi connectivity index (χ1v) is 11.9. The van der Waals surface area contributed by atoms with Gasteiger partial charge in [0, 0.05) is 36.6 Å². The lowest BCUT2D eigenvalue weighted by molar-refractivity contribution is -0.136. The first kappa shape index (κ1) is 22.1. The zero-order valence-corrected chi connectivity index (χ0v) is 19.5. The van der Waals surface area contributed by atoms with E-state index in [9.17, 15) is 9.59 Å². The number of amides is 2. The van der Waals surface area contributed by atoms with Crippen LogP contribution >= 0.6 is 11.3 Å². The normalized spacial score (nSPS) is 16.2. The van der Waals surface area contributed by atoms with E-state index < -0.39 is 0 Å². The largest absolute Gasteiger partial charge is 0.343 e. The molecule has 2 aromatic heterocycles. The zero-order chi connectivity index (χ0) is 22.7. The van der Waals surface area contributed by atoms with Gasteiger partial charge in [-0.1, -0.05) is 0 Å². The molecule has 0 bridgehead atoms.